The van der Waals surface area contributed by atoms with Crippen LogP contribution < -0.4 is 16.1 Å². The summed E-state index contributed by atoms with van der Waals surface area (Å²) in [6.45, 7) is 0.495. The number of rotatable bonds is 12. The van der Waals surface area contributed by atoms with E-state index in [1.54, 1.807) is 35.8 Å². The van der Waals surface area contributed by atoms with Crippen LogP contribution in [0, 0.1) is 5.82 Å². The molecule has 1 saturated carbocycles. The van der Waals surface area contributed by atoms with Crippen molar-refractivity contribution in [3.63, 3.8) is 0 Å². The molecule has 184 valence electrons. The molecule has 35 heavy (non-hydrogen) atoms. The molecular formula is C27H30FN3O4. The predicted molar refractivity (Wildman–Crippen MR) is 132 cm³/mol. The molecule has 8 heteroatoms. The molecule has 1 aliphatic rings. The molecule has 0 aromatic heterocycles. The first-order chi connectivity index (χ1) is 17.0. The first-order valence-electron chi connectivity index (χ1n) is 11.7. The van der Waals surface area contributed by atoms with Crippen LogP contribution in [0.4, 0.5) is 4.39 Å². The Labute approximate surface area is 204 Å². The Balaban J connectivity index is 1.56. The SMILES string of the molecule is O=C(C=Cc1ccc(C=C(C(=O)NC2CC2)c2ccccc2F)cc1)NCCCCCC(=O)NO. The molecule has 0 aliphatic heterocycles. The highest BCUT2D eigenvalue weighted by molar-refractivity contribution is 6.24. The first kappa shape index (κ1) is 25.8. The minimum absolute atomic E-state index is 0.157. The lowest BCUT2D eigenvalue weighted by atomic mass is 10.0. The molecule has 7 nitrogen and oxygen atoms in total. The second-order valence-electron chi connectivity index (χ2n) is 8.42. The van der Waals surface area contributed by atoms with E-state index < -0.39 is 11.7 Å². The summed E-state index contributed by atoms with van der Waals surface area (Å²) < 4.78 is 14.4. The van der Waals surface area contributed by atoms with Crippen LogP contribution in [-0.4, -0.2) is 35.5 Å². The summed E-state index contributed by atoms with van der Waals surface area (Å²) in [5.74, 6) is -1.38. The maximum atomic E-state index is 14.4. The molecule has 2 aromatic carbocycles. The molecule has 3 amide bonds. The summed E-state index contributed by atoms with van der Waals surface area (Å²) in [7, 11) is 0. The summed E-state index contributed by atoms with van der Waals surface area (Å²) >= 11 is 0. The van der Waals surface area contributed by atoms with Gasteiger partial charge in [0, 0.05) is 30.6 Å². The average Bonchev–Trinajstić information content (AvgIpc) is 3.68. The van der Waals surface area contributed by atoms with E-state index in [1.165, 1.54) is 12.1 Å². The van der Waals surface area contributed by atoms with Gasteiger partial charge in [0.2, 0.25) is 11.8 Å². The fourth-order valence-electron chi connectivity index (χ4n) is 3.39. The minimum atomic E-state index is -0.453. The van der Waals surface area contributed by atoms with Crippen molar-refractivity contribution in [3.05, 3.63) is 77.1 Å². The van der Waals surface area contributed by atoms with Crippen molar-refractivity contribution in [2.24, 2.45) is 0 Å². The van der Waals surface area contributed by atoms with Gasteiger partial charge >= 0.3 is 0 Å². The number of halogens is 1. The quantitative estimate of drug-likeness (QED) is 0.122. The van der Waals surface area contributed by atoms with Crippen LogP contribution in [0.3, 0.4) is 0 Å². The number of carbonyl (C=O) groups is 3. The van der Waals surface area contributed by atoms with E-state index in [1.807, 2.05) is 24.3 Å². The van der Waals surface area contributed by atoms with Crippen molar-refractivity contribution in [2.75, 3.05) is 6.54 Å². The Morgan fingerprint density at radius 3 is 2.37 bits per heavy atom. The molecule has 0 radical (unpaired) electrons. The van der Waals surface area contributed by atoms with E-state index >= 15 is 0 Å². The van der Waals surface area contributed by atoms with Crippen LogP contribution in [0.5, 0.6) is 0 Å². The fraction of sp³-hybridized carbons (Fsp3) is 0.296. The van der Waals surface area contributed by atoms with Crippen molar-refractivity contribution >= 4 is 35.4 Å². The van der Waals surface area contributed by atoms with Crippen LogP contribution >= 0.6 is 0 Å². The Kier molecular flexibility index (Phi) is 9.74. The van der Waals surface area contributed by atoms with Crippen LogP contribution in [0.25, 0.3) is 17.7 Å². The summed E-state index contributed by atoms with van der Waals surface area (Å²) in [6, 6.07) is 13.6. The van der Waals surface area contributed by atoms with Crippen LogP contribution in [0.1, 0.15) is 55.2 Å². The maximum absolute atomic E-state index is 14.4. The van der Waals surface area contributed by atoms with Crippen molar-refractivity contribution in [2.45, 2.75) is 44.6 Å². The zero-order chi connectivity index (χ0) is 25.0. The average molecular weight is 480 g/mol. The van der Waals surface area contributed by atoms with Crippen molar-refractivity contribution < 1.29 is 24.0 Å². The number of hydroxylamine groups is 1. The summed E-state index contributed by atoms with van der Waals surface area (Å²) in [5.41, 5.74) is 3.66. The number of carbonyl (C=O) groups excluding carboxylic acids is 3. The van der Waals surface area contributed by atoms with E-state index in [4.69, 9.17) is 5.21 Å². The lowest BCUT2D eigenvalue weighted by Gasteiger charge is -2.10. The standard InChI is InChI=1S/C27H30FN3O4/c28-24-7-4-3-6-22(24)23(27(34)30-21-14-15-21)18-20-11-9-19(10-12-20)13-16-25(32)29-17-5-1-2-8-26(33)31-35/h3-4,6-7,9-13,16,18,21,35H,1-2,5,8,14-15,17H2,(H,29,32)(H,30,34)(H,31,33). The van der Waals surface area contributed by atoms with Gasteiger partial charge in [-0.15, -0.1) is 0 Å². The number of hydrogen-bond acceptors (Lipinski definition) is 4. The van der Waals surface area contributed by atoms with E-state index in [2.05, 4.69) is 10.6 Å². The highest BCUT2D eigenvalue weighted by Crippen LogP contribution is 2.25. The van der Waals surface area contributed by atoms with Gasteiger partial charge in [-0.2, -0.15) is 0 Å². The maximum Gasteiger partial charge on any atom is 0.252 e. The minimum Gasteiger partial charge on any atom is -0.353 e. The molecule has 0 heterocycles. The highest BCUT2D eigenvalue weighted by atomic mass is 19.1. The molecule has 2 aromatic rings. The number of nitrogens with one attached hydrogen (secondary N) is 3. The van der Waals surface area contributed by atoms with Gasteiger partial charge in [-0.25, -0.2) is 9.87 Å². The van der Waals surface area contributed by atoms with Gasteiger partial charge < -0.3 is 10.6 Å². The predicted octanol–water partition coefficient (Wildman–Crippen LogP) is 3.84. The number of benzene rings is 2. The normalized spacial score (nSPS) is 13.5. The molecule has 1 fully saturated rings. The number of amides is 3. The zero-order valence-corrected chi connectivity index (χ0v) is 19.4. The van der Waals surface area contributed by atoms with Gasteiger partial charge in [-0.1, -0.05) is 48.9 Å². The summed E-state index contributed by atoms with van der Waals surface area (Å²) in [6.07, 6.45) is 9.06. The van der Waals surface area contributed by atoms with E-state index in [9.17, 15) is 18.8 Å². The second kappa shape index (κ2) is 13.2. The second-order valence-corrected chi connectivity index (χ2v) is 8.42. The third kappa shape index (κ3) is 8.83. The van der Waals surface area contributed by atoms with Crippen LogP contribution in [0.15, 0.2) is 54.6 Å². The van der Waals surface area contributed by atoms with Crippen molar-refractivity contribution in [1.29, 1.82) is 0 Å². The lowest BCUT2D eigenvalue weighted by molar-refractivity contribution is -0.129. The molecule has 0 saturated heterocycles. The summed E-state index contributed by atoms with van der Waals surface area (Å²) in [5, 5.41) is 14.1. The van der Waals surface area contributed by atoms with Gasteiger partial charge in [0.1, 0.15) is 5.82 Å². The Bertz CT molecular complexity index is 1090. The van der Waals surface area contributed by atoms with E-state index in [0.717, 1.165) is 36.8 Å². The van der Waals surface area contributed by atoms with Crippen LogP contribution in [-0.2, 0) is 14.4 Å². The Morgan fingerprint density at radius 2 is 1.69 bits per heavy atom. The zero-order valence-electron chi connectivity index (χ0n) is 19.4. The monoisotopic (exact) mass is 479 g/mol. The lowest BCUT2D eigenvalue weighted by Crippen LogP contribution is -2.26. The third-order valence-electron chi connectivity index (χ3n) is 5.50. The number of unbranched alkanes of at least 4 members (excludes halogenated alkanes) is 2. The molecule has 0 atom stereocenters. The fourth-order valence-corrected chi connectivity index (χ4v) is 3.39. The molecule has 3 rings (SSSR count). The topological polar surface area (TPSA) is 108 Å². The smallest absolute Gasteiger partial charge is 0.252 e. The molecule has 0 bridgehead atoms. The molecule has 1 aliphatic carbocycles. The van der Waals surface area contributed by atoms with E-state index in [-0.39, 0.29) is 35.4 Å². The summed E-state index contributed by atoms with van der Waals surface area (Å²) in [4.78, 5) is 35.7. The Morgan fingerprint density at radius 1 is 0.971 bits per heavy atom. The van der Waals surface area contributed by atoms with Crippen molar-refractivity contribution in [3.8, 4) is 0 Å². The van der Waals surface area contributed by atoms with Gasteiger partial charge in [-0.05, 0) is 55.0 Å². The highest BCUT2D eigenvalue weighted by Gasteiger charge is 2.26. The van der Waals surface area contributed by atoms with Gasteiger partial charge in [0.15, 0.2) is 0 Å². The number of hydrogen-bond donors (Lipinski definition) is 4. The van der Waals surface area contributed by atoms with E-state index in [0.29, 0.717) is 13.0 Å². The molecular weight excluding hydrogens is 449 g/mol. The van der Waals surface area contributed by atoms with Gasteiger partial charge in [0.25, 0.3) is 5.91 Å². The molecule has 4 N–H and O–H groups in total. The van der Waals surface area contributed by atoms with Gasteiger partial charge in [-0.3, -0.25) is 19.6 Å². The molecule has 0 spiro atoms. The Hall–Kier alpha value is -3.78. The van der Waals surface area contributed by atoms with Crippen molar-refractivity contribution in [1.82, 2.24) is 16.1 Å². The molecule has 0 unspecified atom stereocenters. The third-order valence-corrected chi connectivity index (χ3v) is 5.50. The van der Waals surface area contributed by atoms with Crippen LogP contribution in [0.2, 0.25) is 0 Å². The van der Waals surface area contributed by atoms with Gasteiger partial charge in [0.05, 0.1) is 5.57 Å². The largest absolute Gasteiger partial charge is 0.353 e. The first-order valence-corrected chi connectivity index (χ1v) is 11.7.